The maximum Gasteiger partial charge on any atom is 0.258 e. The van der Waals surface area contributed by atoms with E-state index in [0.29, 0.717) is 41.8 Å². The summed E-state index contributed by atoms with van der Waals surface area (Å²) in [4.78, 5) is 12.2. The Balaban J connectivity index is 1.30. The van der Waals surface area contributed by atoms with E-state index in [1.54, 1.807) is 24.3 Å². The van der Waals surface area contributed by atoms with Gasteiger partial charge in [-0.25, -0.2) is 0 Å². The molecule has 2 aromatic carbocycles. The number of amides is 1. The van der Waals surface area contributed by atoms with E-state index in [2.05, 4.69) is 5.32 Å². The van der Waals surface area contributed by atoms with Crippen LogP contribution in [0.1, 0.15) is 31.1 Å². The van der Waals surface area contributed by atoms with Crippen LogP contribution >= 0.6 is 0 Å². The van der Waals surface area contributed by atoms with E-state index in [-0.39, 0.29) is 24.7 Å². The summed E-state index contributed by atoms with van der Waals surface area (Å²) in [5.41, 5.74) is 1.44. The molecule has 4 rings (SSSR count). The van der Waals surface area contributed by atoms with Gasteiger partial charge in [-0.15, -0.1) is 0 Å². The number of rotatable bonds is 6. The molecule has 0 saturated carbocycles. The molecule has 7 nitrogen and oxygen atoms in total. The number of fused-ring (bicyclic) bond motifs is 2. The van der Waals surface area contributed by atoms with Crippen molar-refractivity contribution in [3.63, 3.8) is 0 Å². The van der Waals surface area contributed by atoms with Crippen LogP contribution in [-0.4, -0.2) is 43.0 Å². The number of aliphatic hydroxyl groups excluding tert-OH is 1. The molecular formula is C22H25NO6. The molecule has 1 amide bonds. The smallest absolute Gasteiger partial charge is 0.258 e. The standard InChI is InChI=1S/C22H25NO6/c1-22(2)11-15-4-3-5-18(21(15)29-22)28-13-20(25)23-12-16(24)14-6-7-17-19(10-14)27-9-8-26-17/h3-7,10,16,24H,8-9,11-13H2,1-2H3,(H,23,25). The Hall–Kier alpha value is -2.93. The van der Waals surface area contributed by atoms with Gasteiger partial charge in [-0.1, -0.05) is 18.2 Å². The highest BCUT2D eigenvalue weighted by molar-refractivity contribution is 5.77. The summed E-state index contributed by atoms with van der Waals surface area (Å²) < 4.78 is 22.6. The fourth-order valence-electron chi connectivity index (χ4n) is 3.49. The van der Waals surface area contributed by atoms with Crippen LogP contribution in [0.15, 0.2) is 36.4 Å². The molecule has 2 aliphatic heterocycles. The number of ether oxygens (including phenoxy) is 4. The predicted octanol–water partition coefficient (Wildman–Crippen LogP) is 2.40. The quantitative estimate of drug-likeness (QED) is 0.776. The van der Waals surface area contributed by atoms with Crippen LogP contribution < -0.4 is 24.3 Å². The van der Waals surface area contributed by atoms with Crippen LogP contribution in [0.25, 0.3) is 0 Å². The molecule has 0 radical (unpaired) electrons. The molecule has 2 heterocycles. The van der Waals surface area contributed by atoms with Crippen LogP contribution in [0.5, 0.6) is 23.0 Å². The third-order valence-electron chi connectivity index (χ3n) is 4.86. The molecule has 2 aliphatic rings. The van der Waals surface area contributed by atoms with Gasteiger partial charge in [0.1, 0.15) is 18.8 Å². The van der Waals surface area contributed by atoms with E-state index in [0.717, 1.165) is 12.0 Å². The minimum atomic E-state index is -0.861. The normalized spacial score (nSPS) is 17.1. The Labute approximate surface area is 169 Å². The minimum Gasteiger partial charge on any atom is -0.486 e. The van der Waals surface area contributed by atoms with Crippen LogP contribution in [0, 0.1) is 0 Å². The number of hydrogen-bond acceptors (Lipinski definition) is 6. The number of para-hydroxylation sites is 1. The van der Waals surface area contributed by atoms with Gasteiger partial charge in [-0.05, 0) is 37.6 Å². The molecular weight excluding hydrogens is 374 g/mol. The van der Waals surface area contributed by atoms with Crippen molar-refractivity contribution in [3.05, 3.63) is 47.5 Å². The van der Waals surface area contributed by atoms with Crippen molar-refractivity contribution < 1.29 is 28.8 Å². The summed E-state index contributed by atoms with van der Waals surface area (Å²) in [5, 5.41) is 13.1. The lowest BCUT2D eigenvalue weighted by molar-refractivity contribution is -0.123. The van der Waals surface area contributed by atoms with E-state index < -0.39 is 6.10 Å². The van der Waals surface area contributed by atoms with E-state index in [4.69, 9.17) is 18.9 Å². The van der Waals surface area contributed by atoms with Gasteiger partial charge in [0.15, 0.2) is 29.6 Å². The van der Waals surface area contributed by atoms with Crippen molar-refractivity contribution in [2.75, 3.05) is 26.4 Å². The van der Waals surface area contributed by atoms with Gasteiger partial charge in [-0.2, -0.15) is 0 Å². The lowest BCUT2D eigenvalue weighted by Gasteiger charge is -2.20. The fraction of sp³-hybridized carbons (Fsp3) is 0.409. The largest absolute Gasteiger partial charge is 0.486 e. The Kier molecular flexibility index (Phi) is 5.24. The molecule has 0 aromatic heterocycles. The topological polar surface area (TPSA) is 86.3 Å². The Morgan fingerprint density at radius 1 is 1.21 bits per heavy atom. The highest BCUT2D eigenvalue weighted by atomic mass is 16.6. The monoisotopic (exact) mass is 399 g/mol. The van der Waals surface area contributed by atoms with Crippen molar-refractivity contribution in [2.45, 2.75) is 32.0 Å². The number of benzene rings is 2. The lowest BCUT2D eigenvalue weighted by Crippen LogP contribution is -2.32. The van der Waals surface area contributed by atoms with Gasteiger partial charge < -0.3 is 29.4 Å². The molecule has 0 bridgehead atoms. The van der Waals surface area contributed by atoms with Crippen LogP contribution in [-0.2, 0) is 11.2 Å². The summed E-state index contributed by atoms with van der Waals surface area (Å²) in [6.07, 6.45) is -0.0622. The summed E-state index contributed by atoms with van der Waals surface area (Å²) in [6.45, 7) is 4.93. The molecule has 7 heteroatoms. The average Bonchev–Trinajstić information content (AvgIpc) is 3.04. The van der Waals surface area contributed by atoms with Gasteiger partial charge >= 0.3 is 0 Å². The zero-order valence-corrected chi connectivity index (χ0v) is 16.6. The Morgan fingerprint density at radius 3 is 2.83 bits per heavy atom. The number of nitrogens with one attached hydrogen (secondary N) is 1. The first-order chi connectivity index (χ1) is 13.9. The molecule has 2 aromatic rings. The third kappa shape index (κ3) is 4.40. The van der Waals surface area contributed by atoms with E-state index in [1.165, 1.54) is 0 Å². The highest BCUT2D eigenvalue weighted by Crippen LogP contribution is 2.41. The maximum absolute atomic E-state index is 12.2. The van der Waals surface area contributed by atoms with Crippen LogP contribution in [0.2, 0.25) is 0 Å². The molecule has 0 spiro atoms. The molecule has 0 aliphatic carbocycles. The first kappa shape index (κ1) is 19.4. The second-order valence-corrected chi connectivity index (χ2v) is 7.79. The van der Waals surface area contributed by atoms with E-state index >= 15 is 0 Å². The summed E-state index contributed by atoms with van der Waals surface area (Å²) in [5.74, 6) is 2.18. The first-order valence-corrected chi connectivity index (χ1v) is 9.69. The lowest BCUT2D eigenvalue weighted by atomic mass is 10.0. The van der Waals surface area contributed by atoms with Crippen LogP contribution in [0.3, 0.4) is 0 Å². The predicted molar refractivity (Wildman–Crippen MR) is 106 cm³/mol. The van der Waals surface area contributed by atoms with Gasteiger partial charge in [0.2, 0.25) is 0 Å². The average molecular weight is 399 g/mol. The molecule has 2 N–H and O–H groups in total. The number of aliphatic hydroxyl groups is 1. The molecule has 154 valence electrons. The second kappa shape index (κ2) is 7.83. The number of carbonyl (C=O) groups is 1. The summed E-state index contributed by atoms with van der Waals surface area (Å²) in [7, 11) is 0. The fourth-order valence-corrected chi connectivity index (χ4v) is 3.49. The van der Waals surface area contributed by atoms with Gasteiger partial charge in [0.05, 0.1) is 6.10 Å². The number of hydrogen-bond donors (Lipinski definition) is 2. The SMILES string of the molecule is CC1(C)Cc2cccc(OCC(=O)NCC(O)c3ccc4c(c3)OCCO4)c2O1. The maximum atomic E-state index is 12.2. The molecule has 29 heavy (non-hydrogen) atoms. The summed E-state index contributed by atoms with van der Waals surface area (Å²) in [6, 6.07) is 10.9. The number of carbonyl (C=O) groups excluding carboxylic acids is 1. The molecule has 0 fully saturated rings. The second-order valence-electron chi connectivity index (χ2n) is 7.79. The minimum absolute atomic E-state index is 0.0677. The van der Waals surface area contributed by atoms with Crippen LogP contribution in [0.4, 0.5) is 0 Å². The van der Waals surface area contributed by atoms with Crippen molar-refractivity contribution in [1.82, 2.24) is 5.32 Å². The zero-order valence-electron chi connectivity index (χ0n) is 16.6. The first-order valence-electron chi connectivity index (χ1n) is 9.69. The van der Waals surface area contributed by atoms with Gasteiger partial charge in [0, 0.05) is 18.5 Å². The zero-order chi connectivity index (χ0) is 20.4. The van der Waals surface area contributed by atoms with E-state index in [9.17, 15) is 9.90 Å². The third-order valence-corrected chi connectivity index (χ3v) is 4.86. The molecule has 1 atom stereocenters. The van der Waals surface area contributed by atoms with Gasteiger partial charge in [-0.3, -0.25) is 4.79 Å². The van der Waals surface area contributed by atoms with E-state index in [1.807, 2.05) is 26.0 Å². The van der Waals surface area contributed by atoms with Crippen molar-refractivity contribution >= 4 is 5.91 Å². The summed E-state index contributed by atoms with van der Waals surface area (Å²) >= 11 is 0. The highest BCUT2D eigenvalue weighted by Gasteiger charge is 2.32. The van der Waals surface area contributed by atoms with Crippen molar-refractivity contribution in [2.24, 2.45) is 0 Å². The Morgan fingerprint density at radius 2 is 2.00 bits per heavy atom. The Bertz CT molecular complexity index is 910. The molecule has 1 unspecified atom stereocenters. The molecule has 0 saturated heterocycles. The van der Waals surface area contributed by atoms with Crippen molar-refractivity contribution in [3.8, 4) is 23.0 Å². The van der Waals surface area contributed by atoms with Gasteiger partial charge in [0.25, 0.3) is 5.91 Å². The van der Waals surface area contributed by atoms with Crippen molar-refractivity contribution in [1.29, 1.82) is 0 Å².